The van der Waals surface area contributed by atoms with Crippen molar-refractivity contribution in [3.8, 4) is 5.75 Å². The molecule has 17 heteroatoms. The molecule has 2 saturated heterocycles. The Morgan fingerprint density at radius 2 is 1.50 bits per heavy atom. The van der Waals surface area contributed by atoms with Crippen LogP contribution in [0.25, 0.3) is 0 Å². The lowest BCUT2D eigenvalue weighted by atomic mass is 9.91. The van der Waals surface area contributed by atoms with Gasteiger partial charge in [0.2, 0.25) is 41.4 Å². The zero-order valence-electron chi connectivity index (χ0n) is 36.8. The summed E-state index contributed by atoms with van der Waals surface area (Å²) in [5, 5.41) is 23.3. The maximum Gasteiger partial charge on any atom is 0.329 e. The average Bonchev–Trinajstić information content (AvgIpc) is 3.20. The van der Waals surface area contributed by atoms with Crippen LogP contribution < -0.4 is 26.6 Å². The standard InChI is InChI=1S/C43H67N7O10/c1-11-25(7)34-43(59)60-27(9)35(47-33(52)22-44-37(53)24(5)6)40(56)46-31(20-23(3)4)38(54)45-30-14-13-19-50(41(30)57)36(26(8)12-2)42(58)49(10)32(39(55)48-34)21-28-15-17-29(51)18-16-28/h15-18,23-27,30-32,34-36,51H,11-14,19-22H2,1-10H3,(H,44,53)(H,45,54)(H,46,56)(H,47,52)(H,48,55)/t25-,26-,27+,30-,31-,32-,34-,35-,36-/m0/s1. The van der Waals surface area contributed by atoms with Gasteiger partial charge in [0.15, 0.2) is 0 Å². The fourth-order valence-electron chi connectivity index (χ4n) is 7.31. The molecule has 0 unspecified atom stereocenters. The number of rotatable bonds is 12. The van der Waals surface area contributed by atoms with Crippen LogP contribution in [0.5, 0.6) is 5.75 Å². The molecule has 1 aromatic carbocycles. The Labute approximate surface area is 353 Å². The Morgan fingerprint density at radius 3 is 2.08 bits per heavy atom. The van der Waals surface area contributed by atoms with E-state index in [1.165, 1.54) is 35.9 Å². The van der Waals surface area contributed by atoms with E-state index in [4.69, 9.17) is 4.74 Å². The maximum atomic E-state index is 14.8. The molecule has 334 valence electrons. The third kappa shape index (κ3) is 13.1. The van der Waals surface area contributed by atoms with Crippen molar-refractivity contribution in [2.24, 2.45) is 23.7 Å². The minimum Gasteiger partial charge on any atom is -0.508 e. The van der Waals surface area contributed by atoms with Crippen molar-refractivity contribution in [1.82, 2.24) is 36.4 Å². The molecule has 0 radical (unpaired) electrons. The summed E-state index contributed by atoms with van der Waals surface area (Å²) in [6, 6.07) is -1.14. The van der Waals surface area contributed by atoms with Crippen molar-refractivity contribution in [3.05, 3.63) is 29.8 Å². The highest BCUT2D eigenvalue weighted by molar-refractivity contribution is 5.98. The number of benzene rings is 1. The fourth-order valence-corrected chi connectivity index (χ4v) is 7.31. The average molecular weight is 842 g/mol. The van der Waals surface area contributed by atoms with Crippen LogP contribution in [0.2, 0.25) is 0 Å². The summed E-state index contributed by atoms with van der Waals surface area (Å²) in [5.41, 5.74) is 0.601. The van der Waals surface area contributed by atoms with Gasteiger partial charge in [-0.1, -0.05) is 80.4 Å². The van der Waals surface area contributed by atoms with E-state index in [1.54, 1.807) is 32.9 Å². The number of nitrogens with one attached hydrogen (secondary N) is 5. The van der Waals surface area contributed by atoms with Gasteiger partial charge in [-0.05, 0) is 61.6 Å². The van der Waals surface area contributed by atoms with Gasteiger partial charge in [0, 0.05) is 25.9 Å². The van der Waals surface area contributed by atoms with E-state index in [0.29, 0.717) is 24.8 Å². The predicted octanol–water partition coefficient (Wildman–Crippen LogP) is 1.55. The van der Waals surface area contributed by atoms with E-state index < -0.39 is 108 Å². The molecule has 60 heavy (non-hydrogen) atoms. The number of fused-ring (bicyclic) bond motifs is 2. The normalized spacial score (nSPS) is 26.2. The number of nitrogens with zero attached hydrogens (tertiary/aromatic N) is 2. The molecule has 1 aromatic rings. The summed E-state index contributed by atoms with van der Waals surface area (Å²) in [4.78, 5) is 114. The lowest BCUT2D eigenvalue weighted by Crippen LogP contribution is -2.63. The highest BCUT2D eigenvalue weighted by Crippen LogP contribution is 2.25. The van der Waals surface area contributed by atoms with E-state index in [0.717, 1.165) is 0 Å². The van der Waals surface area contributed by atoms with Crippen LogP contribution in [0.3, 0.4) is 0 Å². The monoisotopic (exact) mass is 841 g/mol. The maximum absolute atomic E-state index is 14.8. The minimum atomic E-state index is -1.57. The van der Waals surface area contributed by atoms with E-state index >= 15 is 0 Å². The van der Waals surface area contributed by atoms with Crippen LogP contribution in [0.15, 0.2) is 24.3 Å². The topological polar surface area (TPSA) is 233 Å². The third-order valence-electron chi connectivity index (χ3n) is 11.5. The number of carbonyl (C=O) groups is 8. The summed E-state index contributed by atoms with van der Waals surface area (Å²) in [6.45, 7) is 15.4. The van der Waals surface area contributed by atoms with Crippen LogP contribution in [0.1, 0.15) is 100.0 Å². The number of cyclic esters (lactones) is 1. The molecular weight excluding hydrogens is 775 g/mol. The Hall–Kier alpha value is -5.22. The minimum absolute atomic E-state index is 0.00273. The summed E-state index contributed by atoms with van der Waals surface area (Å²) < 4.78 is 5.86. The molecule has 0 saturated carbocycles. The number of esters is 1. The van der Waals surface area contributed by atoms with E-state index in [-0.39, 0.29) is 43.4 Å². The Kier molecular flexibility index (Phi) is 18.3. The largest absolute Gasteiger partial charge is 0.508 e. The van der Waals surface area contributed by atoms with Gasteiger partial charge >= 0.3 is 5.97 Å². The molecule has 2 fully saturated rings. The highest BCUT2D eigenvalue weighted by Gasteiger charge is 2.44. The van der Waals surface area contributed by atoms with Crippen LogP contribution >= 0.6 is 0 Å². The number of amides is 7. The summed E-state index contributed by atoms with van der Waals surface area (Å²) in [6.07, 6.45) is 0.395. The van der Waals surface area contributed by atoms with E-state index in [9.17, 15) is 43.5 Å². The molecule has 7 amide bonds. The number of hydrogen-bond acceptors (Lipinski definition) is 10. The van der Waals surface area contributed by atoms with Crippen LogP contribution in [0.4, 0.5) is 0 Å². The van der Waals surface area contributed by atoms with Crippen LogP contribution in [0, 0.1) is 23.7 Å². The van der Waals surface area contributed by atoms with Gasteiger partial charge in [-0.25, -0.2) is 4.79 Å². The van der Waals surface area contributed by atoms with Crippen LogP contribution in [-0.4, -0.2) is 125 Å². The second kappa shape index (κ2) is 22.4. The smallest absolute Gasteiger partial charge is 0.329 e. The van der Waals surface area contributed by atoms with Crippen molar-refractivity contribution in [3.63, 3.8) is 0 Å². The van der Waals surface area contributed by atoms with E-state index in [1.807, 2.05) is 34.6 Å². The van der Waals surface area contributed by atoms with Gasteiger partial charge in [-0.15, -0.1) is 0 Å². The molecule has 2 heterocycles. The molecule has 0 aromatic heterocycles. The number of likely N-dealkylation sites (N-methyl/N-ethyl adjacent to an activating group) is 1. The highest BCUT2D eigenvalue weighted by atomic mass is 16.5. The molecule has 2 aliphatic heterocycles. The molecular formula is C43H67N7O10. The molecule has 2 aliphatic rings. The summed E-state index contributed by atoms with van der Waals surface area (Å²) in [5.74, 6) is -6.71. The van der Waals surface area contributed by atoms with Gasteiger partial charge < -0.3 is 46.2 Å². The van der Waals surface area contributed by atoms with Crippen LogP contribution in [-0.2, 0) is 49.5 Å². The quantitative estimate of drug-likeness (QED) is 0.166. The lowest BCUT2D eigenvalue weighted by molar-refractivity contribution is -0.158. The molecule has 9 atom stereocenters. The fraction of sp³-hybridized carbons (Fsp3) is 0.674. The number of hydrogen-bond donors (Lipinski definition) is 6. The molecule has 3 rings (SSSR count). The van der Waals surface area contributed by atoms with Crippen molar-refractivity contribution >= 4 is 47.3 Å². The summed E-state index contributed by atoms with van der Waals surface area (Å²) >= 11 is 0. The third-order valence-corrected chi connectivity index (χ3v) is 11.5. The number of carbonyl (C=O) groups excluding carboxylic acids is 8. The second-order valence-corrected chi connectivity index (χ2v) is 17.0. The number of aromatic hydroxyl groups is 1. The number of ether oxygens (including phenoxy) is 1. The van der Waals surface area contributed by atoms with Crippen molar-refractivity contribution < 1.29 is 48.2 Å². The second-order valence-electron chi connectivity index (χ2n) is 17.0. The molecule has 0 aliphatic carbocycles. The molecule has 2 bridgehead atoms. The van der Waals surface area contributed by atoms with Gasteiger partial charge in [0.1, 0.15) is 48.1 Å². The number of phenols is 1. The van der Waals surface area contributed by atoms with E-state index in [2.05, 4.69) is 26.6 Å². The van der Waals surface area contributed by atoms with Gasteiger partial charge in [-0.2, -0.15) is 0 Å². The first-order valence-electron chi connectivity index (χ1n) is 21.2. The van der Waals surface area contributed by atoms with Gasteiger partial charge in [0.05, 0.1) is 6.54 Å². The molecule has 6 N–H and O–H groups in total. The zero-order chi connectivity index (χ0) is 45.0. The molecule has 0 spiro atoms. The Morgan fingerprint density at radius 1 is 0.867 bits per heavy atom. The first-order chi connectivity index (χ1) is 28.2. The van der Waals surface area contributed by atoms with Gasteiger partial charge in [0.25, 0.3) is 0 Å². The Balaban J connectivity index is 2.19. The first kappa shape index (κ1) is 49.1. The SMILES string of the molecule is CC[C@H](C)[C@@H]1NC(=O)[C@H](Cc2ccc(O)cc2)N(C)C(=O)[C@H]([C@@H](C)CC)N2CCC[C@H](NC(=O)[C@H](CC(C)C)NC(=O)[C@@H](NC(=O)CNC(=O)C(C)C)[C@@H](C)OC1=O)C2=O. The first-order valence-corrected chi connectivity index (χ1v) is 21.2. The zero-order valence-corrected chi connectivity index (χ0v) is 36.8. The summed E-state index contributed by atoms with van der Waals surface area (Å²) in [7, 11) is 1.47. The predicted molar refractivity (Wildman–Crippen MR) is 223 cm³/mol. The number of phenolic OH excluding ortho intramolecular Hbond substituents is 1. The van der Waals surface area contributed by atoms with Crippen molar-refractivity contribution in [2.45, 2.75) is 143 Å². The number of piperidine rings is 1. The van der Waals surface area contributed by atoms with Crippen molar-refractivity contribution in [1.29, 1.82) is 0 Å². The lowest BCUT2D eigenvalue weighted by Gasteiger charge is -2.42. The van der Waals surface area contributed by atoms with Gasteiger partial charge in [-0.3, -0.25) is 33.6 Å². The molecule has 17 nitrogen and oxygen atoms in total. The Bertz CT molecular complexity index is 1700. The van der Waals surface area contributed by atoms with Crippen molar-refractivity contribution in [2.75, 3.05) is 20.1 Å².